The average molecular weight is 421 g/mol. The second-order valence-electron chi connectivity index (χ2n) is 9.44. The van der Waals surface area contributed by atoms with Crippen molar-refractivity contribution in [3.05, 3.63) is 59.7 Å². The first-order valence-electron chi connectivity index (χ1n) is 11.0. The monoisotopic (exact) mass is 420 g/mol. The van der Waals surface area contributed by atoms with E-state index in [1.165, 1.54) is 11.1 Å². The molecule has 1 aliphatic rings. The van der Waals surface area contributed by atoms with Crippen LogP contribution in [0.1, 0.15) is 38.8 Å². The van der Waals surface area contributed by atoms with E-state index in [2.05, 4.69) is 65.8 Å². The number of piperazine rings is 1. The molecule has 2 aromatic carbocycles. The van der Waals surface area contributed by atoms with E-state index in [0.29, 0.717) is 6.54 Å². The molecular weight excluding hydrogens is 388 g/mol. The maximum atomic E-state index is 12.6. The lowest BCUT2D eigenvalue weighted by molar-refractivity contribution is 0.0158. The van der Waals surface area contributed by atoms with Crippen LogP contribution < -0.4 is 4.90 Å². The summed E-state index contributed by atoms with van der Waals surface area (Å²) in [6.45, 7) is 12.7. The molecule has 0 unspecified atom stereocenters. The third-order valence-electron chi connectivity index (χ3n) is 5.63. The molecule has 31 heavy (non-hydrogen) atoms. The highest BCUT2D eigenvalue weighted by molar-refractivity contribution is 5.79. The molecule has 4 rings (SSSR count). The number of carbonyl (C=O) groups excluding carboxylic acids is 1. The summed E-state index contributed by atoms with van der Waals surface area (Å²) >= 11 is 0. The summed E-state index contributed by atoms with van der Waals surface area (Å²) in [5.74, 6) is 0.956. The van der Waals surface area contributed by atoms with Gasteiger partial charge in [0.1, 0.15) is 5.60 Å². The maximum absolute atomic E-state index is 12.6. The van der Waals surface area contributed by atoms with Gasteiger partial charge in [0.25, 0.3) is 0 Å². The molecule has 0 radical (unpaired) electrons. The standard InChI is InChI=1S/C25H32N4O2/c1-18-10-12-20(13-11-18)17-29-22-9-7-6-8-21(22)26-23(29)27-14-15-28(19(2)16-27)24(30)31-25(3,4)5/h6-13,19H,14-17H2,1-5H3/t19-/m0/s1. The molecule has 1 atom stereocenters. The van der Waals surface area contributed by atoms with Crippen LogP contribution in [0.5, 0.6) is 0 Å². The normalized spacial score (nSPS) is 17.3. The number of benzene rings is 2. The minimum atomic E-state index is -0.490. The van der Waals surface area contributed by atoms with Gasteiger partial charge in [-0.05, 0) is 52.3 Å². The largest absolute Gasteiger partial charge is 0.444 e. The molecule has 0 spiro atoms. The summed E-state index contributed by atoms with van der Waals surface area (Å²) in [5, 5.41) is 0. The molecule has 1 amide bonds. The van der Waals surface area contributed by atoms with Crippen LogP contribution in [0.4, 0.5) is 10.7 Å². The summed E-state index contributed by atoms with van der Waals surface area (Å²) < 4.78 is 7.88. The summed E-state index contributed by atoms with van der Waals surface area (Å²) in [5.41, 5.74) is 4.13. The highest BCUT2D eigenvalue weighted by Gasteiger charge is 2.32. The minimum Gasteiger partial charge on any atom is -0.444 e. The Bertz CT molecular complexity index is 1070. The van der Waals surface area contributed by atoms with Crippen LogP contribution in [0.2, 0.25) is 0 Å². The summed E-state index contributed by atoms with van der Waals surface area (Å²) in [6, 6.07) is 17.0. The summed E-state index contributed by atoms with van der Waals surface area (Å²) in [6.07, 6.45) is -0.243. The number of hydrogen-bond acceptors (Lipinski definition) is 4. The molecular formula is C25H32N4O2. The number of para-hydroxylation sites is 2. The Kier molecular flexibility index (Phi) is 5.65. The van der Waals surface area contributed by atoms with Crippen molar-refractivity contribution in [3.63, 3.8) is 0 Å². The molecule has 0 aliphatic carbocycles. The summed E-state index contributed by atoms with van der Waals surface area (Å²) in [7, 11) is 0. The Morgan fingerprint density at radius 3 is 2.48 bits per heavy atom. The smallest absolute Gasteiger partial charge is 0.410 e. The molecule has 1 aromatic heterocycles. The van der Waals surface area contributed by atoms with Crippen molar-refractivity contribution in [2.45, 2.75) is 52.8 Å². The number of hydrogen-bond donors (Lipinski definition) is 0. The number of imidazole rings is 1. The molecule has 1 fully saturated rings. The average Bonchev–Trinajstić information content (AvgIpc) is 3.07. The quantitative estimate of drug-likeness (QED) is 0.608. The van der Waals surface area contributed by atoms with E-state index in [4.69, 9.17) is 9.72 Å². The molecule has 6 heteroatoms. The van der Waals surface area contributed by atoms with Gasteiger partial charge in [0.05, 0.1) is 17.6 Å². The summed E-state index contributed by atoms with van der Waals surface area (Å²) in [4.78, 5) is 21.7. The highest BCUT2D eigenvalue weighted by atomic mass is 16.6. The van der Waals surface area contributed by atoms with Gasteiger partial charge in [-0.25, -0.2) is 9.78 Å². The lowest BCUT2D eigenvalue weighted by atomic mass is 10.1. The second-order valence-corrected chi connectivity index (χ2v) is 9.44. The number of ether oxygens (including phenoxy) is 1. The van der Waals surface area contributed by atoms with E-state index in [1.54, 1.807) is 0 Å². The predicted octanol–water partition coefficient (Wildman–Crippen LogP) is 4.84. The van der Waals surface area contributed by atoms with Gasteiger partial charge in [-0.3, -0.25) is 0 Å². The first-order valence-corrected chi connectivity index (χ1v) is 11.0. The Morgan fingerprint density at radius 1 is 1.10 bits per heavy atom. The number of fused-ring (bicyclic) bond motifs is 1. The molecule has 2 heterocycles. The van der Waals surface area contributed by atoms with E-state index in [-0.39, 0.29) is 12.1 Å². The van der Waals surface area contributed by atoms with E-state index >= 15 is 0 Å². The van der Waals surface area contributed by atoms with Gasteiger partial charge in [0.15, 0.2) is 0 Å². The number of aromatic nitrogens is 2. The van der Waals surface area contributed by atoms with Gasteiger partial charge in [0, 0.05) is 25.7 Å². The van der Waals surface area contributed by atoms with Gasteiger partial charge in [-0.15, -0.1) is 0 Å². The third kappa shape index (κ3) is 4.68. The molecule has 0 N–H and O–H groups in total. The number of carbonyl (C=O) groups is 1. The van der Waals surface area contributed by atoms with Crippen LogP contribution >= 0.6 is 0 Å². The fourth-order valence-corrected chi connectivity index (χ4v) is 4.07. The number of amides is 1. The molecule has 1 aliphatic heterocycles. The number of aryl methyl sites for hydroxylation is 1. The molecule has 6 nitrogen and oxygen atoms in total. The SMILES string of the molecule is Cc1ccc(Cn2c(N3CCN(C(=O)OC(C)(C)C)[C@@H](C)C3)nc3ccccc32)cc1. The Hall–Kier alpha value is -3.02. The predicted molar refractivity (Wildman–Crippen MR) is 125 cm³/mol. The Balaban J connectivity index is 1.60. The van der Waals surface area contributed by atoms with Gasteiger partial charge in [0.2, 0.25) is 5.95 Å². The van der Waals surface area contributed by atoms with Crippen molar-refractivity contribution < 1.29 is 9.53 Å². The van der Waals surface area contributed by atoms with E-state index < -0.39 is 5.60 Å². The Labute approximate surface area is 184 Å². The zero-order chi connectivity index (χ0) is 22.2. The second kappa shape index (κ2) is 8.25. The Morgan fingerprint density at radius 2 is 1.81 bits per heavy atom. The van der Waals surface area contributed by atoms with Crippen molar-refractivity contribution in [1.29, 1.82) is 0 Å². The first-order chi connectivity index (χ1) is 14.7. The molecule has 164 valence electrons. The van der Waals surface area contributed by atoms with Crippen LogP contribution in [0.15, 0.2) is 48.5 Å². The molecule has 0 bridgehead atoms. The van der Waals surface area contributed by atoms with Crippen molar-refractivity contribution in [3.8, 4) is 0 Å². The van der Waals surface area contributed by atoms with Crippen LogP contribution in [0.3, 0.4) is 0 Å². The molecule has 3 aromatic rings. The van der Waals surface area contributed by atoms with Gasteiger partial charge >= 0.3 is 6.09 Å². The first kappa shape index (κ1) is 21.2. The number of anilines is 1. The van der Waals surface area contributed by atoms with E-state index in [9.17, 15) is 4.79 Å². The fraction of sp³-hybridized carbons (Fsp3) is 0.440. The molecule has 0 saturated carbocycles. The lowest BCUT2D eigenvalue weighted by Gasteiger charge is -2.40. The zero-order valence-corrected chi connectivity index (χ0v) is 19.1. The van der Waals surface area contributed by atoms with Gasteiger partial charge < -0.3 is 19.1 Å². The van der Waals surface area contributed by atoms with Crippen LogP contribution in [-0.4, -0.2) is 51.8 Å². The number of rotatable bonds is 3. The van der Waals surface area contributed by atoms with Crippen LogP contribution in [-0.2, 0) is 11.3 Å². The van der Waals surface area contributed by atoms with E-state index in [1.807, 2.05) is 31.7 Å². The molecule has 1 saturated heterocycles. The lowest BCUT2D eigenvalue weighted by Crippen LogP contribution is -2.55. The third-order valence-corrected chi connectivity index (χ3v) is 5.63. The van der Waals surface area contributed by atoms with Crippen LogP contribution in [0, 0.1) is 6.92 Å². The van der Waals surface area contributed by atoms with Crippen molar-refractivity contribution in [2.24, 2.45) is 0 Å². The van der Waals surface area contributed by atoms with Crippen molar-refractivity contribution in [1.82, 2.24) is 14.5 Å². The minimum absolute atomic E-state index is 0.0382. The number of nitrogens with zero attached hydrogens (tertiary/aromatic N) is 4. The van der Waals surface area contributed by atoms with E-state index in [0.717, 1.165) is 36.6 Å². The van der Waals surface area contributed by atoms with Crippen LogP contribution in [0.25, 0.3) is 11.0 Å². The maximum Gasteiger partial charge on any atom is 0.410 e. The highest BCUT2D eigenvalue weighted by Crippen LogP contribution is 2.26. The van der Waals surface area contributed by atoms with Gasteiger partial charge in [-0.1, -0.05) is 42.0 Å². The fourth-order valence-electron chi connectivity index (χ4n) is 4.07. The zero-order valence-electron chi connectivity index (χ0n) is 19.1. The topological polar surface area (TPSA) is 50.6 Å². The van der Waals surface area contributed by atoms with Crippen molar-refractivity contribution >= 4 is 23.1 Å². The van der Waals surface area contributed by atoms with Crippen molar-refractivity contribution in [2.75, 3.05) is 24.5 Å². The van der Waals surface area contributed by atoms with Gasteiger partial charge in [-0.2, -0.15) is 0 Å².